The van der Waals surface area contributed by atoms with Crippen LogP contribution in [0.1, 0.15) is 45.4 Å². The Balaban J connectivity index is 1.71. The summed E-state index contributed by atoms with van der Waals surface area (Å²) in [5, 5.41) is 3.42. The fourth-order valence-electron chi connectivity index (χ4n) is 3.42. The van der Waals surface area contributed by atoms with Gasteiger partial charge in [0.2, 0.25) is 0 Å². The van der Waals surface area contributed by atoms with Gasteiger partial charge in [-0.15, -0.1) is 0 Å². The van der Waals surface area contributed by atoms with Gasteiger partial charge in [0.05, 0.1) is 0 Å². The fourth-order valence-corrected chi connectivity index (χ4v) is 3.42. The predicted octanol–water partition coefficient (Wildman–Crippen LogP) is 2.25. The van der Waals surface area contributed by atoms with E-state index in [0.717, 1.165) is 18.5 Å². The summed E-state index contributed by atoms with van der Waals surface area (Å²) < 4.78 is 0. The van der Waals surface area contributed by atoms with Crippen LogP contribution in [0.25, 0.3) is 0 Å². The molecule has 15 heavy (non-hydrogen) atoms. The van der Waals surface area contributed by atoms with Crippen LogP contribution in [-0.2, 0) is 0 Å². The number of nitrogens with zero attached hydrogens (tertiary/aromatic N) is 1. The molecule has 1 saturated heterocycles. The summed E-state index contributed by atoms with van der Waals surface area (Å²) in [6, 6.07) is 0.959. The first kappa shape index (κ1) is 11.4. The van der Waals surface area contributed by atoms with E-state index in [2.05, 4.69) is 17.1 Å². The molecule has 1 N–H and O–H groups in total. The van der Waals surface area contributed by atoms with E-state index in [1.807, 2.05) is 0 Å². The second kappa shape index (κ2) is 5.86. The highest BCUT2D eigenvalue weighted by atomic mass is 15.2. The van der Waals surface area contributed by atoms with Crippen molar-refractivity contribution in [1.29, 1.82) is 0 Å². The molecule has 2 nitrogen and oxygen atoms in total. The number of nitrogens with one attached hydrogen (secondary N) is 1. The summed E-state index contributed by atoms with van der Waals surface area (Å²) in [6.07, 6.45) is 8.76. The molecule has 1 aliphatic carbocycles. The van der Waals surface area contributed by atoms with Crippen molar-refractivity contribution in [2.75, 3.05) is 26.2 Å². The molecule has 0 radical (unpaired) electrons. The van der Waals surface area contributed by atoms with Gasteiger partial charge < -0.3 is 10.2 Å². The van der Waals surface area contributed by atoms with Crippen molar-refractivity contribution in [3.05, 3.63) is 0 Å². The second-order valence-corrected chi connectivity index (χ2v) is 5.14. The van der Waals surface area contributed by atoms with E-state index in [9.17, 15) is 0 Å². The standard InChI is InChI=1S/C13H26N2/c1-2-14-9-5-11-15-10-4-7-12-6-3-8-13(12)15/h12-14H,2-11H2,1H3. The molecule has 2 atom stereocenters. The first-order chi connectivity index (χ1) is 7.42. The molecule has 2 unspecified atom stereocenters. The van der Waals surface area contributed by atoms with Crippen molar-refractivity contribution in [3.8, 4) is 0 Å². The molecular weight excluding hydrogens is 184 g/mol. The van der Waals surface area contributed by atoms with Crippen molar-refractivity contribution in [3.63, 3.8) is 0 Å². The van der Waals surface area contributed by atoms with Gasteiger partial charge in [0.25, 0.3) is 0 Å². The summed E-state index contributed by atoms with van der Waals surface area (Å²) in [6.45, 7) is 7.20. The second-order valence-electron chi connectivity index (χ2n) is 5.14. The number of fused-ring (bicyclic) bond motifs is 1. The summed E-state index contributed by atoms with van der Waals surface area (Å²) in [5.41, 5.74) is 0. The lowest BCUT2D eigenvalue weighted by Crippen LogP contribution is -2.43. The van der Waals surface area contributed by atoms with E-state index in [1.165, 1.54) is 58.2 Å². The molecule has 0 amide bonds. The number of hydrogen-bond donors (Lipinski definition) is 1. The van der Waals surface area contributed by atoms with Gasteiger partial charge >= 0.3 is 0 Å². The SMILES string of the molecule is CCNCCCN1CCCC2CCCC21. The third kappa shape index (κ3) is 2.94. The Morgan fingerprint density at radius 1 is 1.20 bits per heavy atom. The van der Waals surface area contributed by atoms with Gasteiger partial charge in [0.1, 0.15) is 0 Å². The normalized spacial score (nSPS) is 31.8. The van der Waals surface area contributed by atoms with E-state index in [1.54, 1.807) is 0 Å². The summed E-state index contributed by atoms with van der Waals surface area (Å²) in [7, 11) is 0. The zero-order valence-corrected chi connectivity index (χ0v) is 10.2. The highest BCUT2D eigenvalue weighted by Crippen LogP contribution is 2.36. The molecule has 0 aromatic rings. The minimum atomic E-state index is 0.959. The first-order valence-corrected chi connectivity index (χ1v) is 6.86. The monoisotopic (exact) mass is 210 g/mol. The number of hydrogen-bond acceptors (Lipinski definition) is 2. The third-order valence-electron chi connectivity index (χ3n) is 4.16. The van der Waals surface area contributed by atoms with Gasteiger partial charge in [0.15, 0.2) is 0 Å². The first-order valence-electron chi connectivity index (χ1n) is 6.86. The topological polar surface area (TPSA) is 15.3 Å². The molecule has 1 aliphatic heterocycles. The average Bonchev–Trinajstić information content (AvgIpc) is 2.73. The minimum Gasteiger partial charge on any atom is -0.317 e. The summed E-state index contributed by atoms with van der Waals surface area (Å²) >= 11 is 0. The average molecular weight is 210 g/mol. The van der Waals surface area contributed by atoms with Gasteiger partial charge in [-0.3, -0.25) is 0 Å². The number of rotatable bonds is 5. The zero-order valence-electron chi connectivity index (χ0n) is 10.2. The maximum Gasteiger partial charge on any atom is 0.0123 e. The van der Waals surface area contributed by atoms with Gasteiger partial charge in [-0.25, -0.2) is 0 Å². The van der Waals surface area contributed by atoms with Crippen LogP contribution >= 0.6 is 0 Å². The van der Waals surface area contributed by atoms with Crippen LogP contribution in [0.3, 0.4) is 0 Å². The predicted molar refractivity (Wildman–Crippen MR) is 65.1 cm³/mol. The van der Waals surface area contributed by atoms with Crippen molar-refractivity contribution in [2.24, 2.45) is 5.92 Å². The van der Waals surface area contributed by atoms with E-state index in [0.29, 0.717) is 0 Å². The lowest BCUT2D eigenvalue weighted by atomic mass is 9.92. The summed E-state index contributed by atoms with van der Waals surface area (Å²) in [4.78, 5) is 2.78. The van der Waals surface area contributed by atoms with Gasteiger partial charge in [0, 0.05) is 6.04 Å². The quantitative estimate of drug-likeness (QED) is 0.700. The molecule has 2 aliphatic rings. The van der Waals surface area contributed by atoms with Crippen LogP contribution in [0.15, 0.2) is 0 Å². The number of piperidine rings is 1. The van der Waals surface area contributed by atoms with Crippen molar-refractivity contribution in [1.82, 2.24) is 10.2 Å². The van der Waals surface area contributed by atoms with E-state index in [4.69, 9.17) is 0 Å². The number of likely N-dealkylation sites (tertiary alicyclic amines) is 1. The van der Waals surface area contributed by atoms with Crippen molar-refractivity contribution in [2.45, 2.75) is 51.5 Å². The van der Waals surface area contributed by atoms with Gasteiger partial charge in [-0.2, -0.15) is 0 Å². The maximum atomic E-state index is 3.42. The molecule has 2 rings (SSSR count). The third-order valence-corrected chi connectivity index (χ3v) is 4.16. The highest BCUT2D eigenvalue weighted by molar-refractivity contribution is 4.88. The van der Waals surface area contributed by atoms with Crippen LogP contribution in [0.4, 0.5) is 0 Å². The lowest BCUT2D eigenvalue weighted by Gasteiger charge is -2.37. The largest absolute Gasteiger partial charge is 0.317 e. The molecular formula is C13H26N2. The smallest absolute Gasteiger partial charge is 0.0123 e. The van der Waals surface area contributed by atoms with E-state index >= 15 is 0 Å². The van der Waals surface area contributed by atoms with Crippen molar-refractivity contribution >= 4 is 0 Å². The maximum absolute atomic E-state index is 3.42. The van der Waals surface area contributed by atoms with Crippen LogP contribution < -0.4 is 5.32 Å². The minimum absolute atomic E-state index is 0.959. The Hall–Kier alpha value is -0.0800. The summed E-state index contributed by atoms with van der Waals surface area (Å²) in [5.74, 6) is 1.05. The van der Waals surface area contributed by atoms with E-state index in [-0.39, 0.29) is 0 Å². The highest BCUT2D eigenvalue weighted by Gasteiger charge is 2.34. The Morgan fingerprint density at radius 2 is 2.07 bits per heavy atom. The Bertz CT molecular complexity index is 181. The van der Waals surface area contributed by atoms with Crippen LogP contribution in [0.5, 0.6) is 0 Å². The van der Waals surface area contributed by atoms with Crippen LogP contribution in [-0.4, -0.2) is 37.1 Å². The Kier molecular flexibility index (Phi) is 4.45. The molecule has 2 heteroatoms. The fraction of sp³-hybridized carbons (Fsp3) is 1.00. The molecule has 0 bridgehead atoms. The van der Waals surface area contributed by atoms with Crippen LogP contribution in [0.2, 0.25) is 0 Å². The van der Waals surface area contributed by atoms with Crippen LogP contribution in [0, 0.1) is 5.92 Å². The molecule has 0 aromatic carbocycles. The molecule has 0 aromatic heterocycles. The van der Waals surface area contributed by atoms with E-state index < -0.39 is 0 Å². The molecule has 2 fully saturated rings. The van der Waals surface area contributed by atoms with Crippen molar-refractivity contribution < 1.29 is 0 Å². The Labute approximate surface area is 94.4 Å². The zero-order chi connectivity index (χ0) is 10.5. The van der Waals surface area contributed by atoms with Gasteiger partial charge in [-0.1, -0.05) is 13.3 Å². The van der Waals surface area contributed by atoms with Gasteiger partial charge in [-0.05, 0) is 64.2 Å². The molecule has 1 heterocycles. The Morgan fingerprint density at radius 3 is 2.93 bits per heavy atom. The molecule has 0 spiro atoms. The molecule has 1 saturated carbocycles. The molecule has 88 valence electrons. The lowest BCUT2D eigenvalue weighted by molar-refractivity contribution is 0.112.